The first-order valence-corrected chi connectivity index (χ1v) is 7.28. The Hall–Kier alpha value is -2.75. The molecule has 112 valence electrons. The van der Waals surface area contributed by atoms with Crippen molar-refractivity contribution in [1.29, 1.82) is 0 Å². The molecule has 0 aliphatic heterocycles. The lowest BCUT2D eigenvalue weighted by atomic mass is 10.1. The van der Waals surface area contributed by atoms with Gasteiger partial charge in [-0.3, -0.25) is 4.79 Å². The number of hydrogen-bond donors (Lipinski definition) is 1. The molecule has 1 amide bonds. The van der Waals surface area contributed by atoms with E-state index in [4.69, 9.17) is 4.74 Å². The van der Waals surface area contributed by atoms with E-state index in [2.05, 4.69) is 5.32 Å². The van der Waals surface area contributed by atoms with E-state index >= 15 is 0 Å². The fourth-order valence-electron chi connectivity index (χ4n) is 2.56. The summed E-state index contributed by atoms with van der Waals surface area (Å²) in [6, 6.07) is 15.3. The van der Waals surface area contributed by atoms with E-state index in [0.29, 0.717) is 23.6 Å². The average molecular weight is 294 g/mol. The second-order valence-corrected chi connectivity index (χ2v) is 5.05. The Bertz CT molecular complexity index is 821. The number of nitrogens with zero attached hydrogens (tertiary/aromatic N) is 1. The third kappa shape index (κ3) is 2.55. The molecule has 1 aromatic heterocycles. The minimum absolute atomic E-state index is 0.135. The van der Waals surface area contributed by atoms with Gasteiger partial charge in [-0.2, -0.15) is 0 Å². The molecular weight excluding hydrogens is 276 g/mol. The summed E-state index contributed by atoms with van der Waals surface area (Å²) in [6.07, 6.45) is 1.85. The number of carbonyl (C=O) groups excluding carboxylic acids is 1. The largest absolute Gasteiger partial charge is 0.492 e. The van der Waals surface area contributed by atoms with E-state index in [0.717, 1.165) is 10.9 Å². The zero-order valence-electron chi connectivity index (χ0n) is 12.7. The summed E-state index contributed by atoms with van der Waals surface area (Å²) < 4.78 is 7.50. The molecule has 0 spiro atoms. The van der Waals surface area contributed by atoms with Crippen molar-refractivity contribution in [2.75, 3.05) is 11.9 Å². The Labute approximate surface area is 129 Å². The first kappa shape index (κ1) is 14.2. The molecule has 0 saturated heterocycles. The van der Waals surface area contributed by atoms with Crippen LogP contribution in [0.25, 0.3) is 10.9 Å². The Balaban J connectivity index is 1.94. The lowest BCUT2D eigenvalue weighted by Gasteiger charge is -2.10. The van der Waals surface area contributed by atoms with Crippen molar-refractivity contribution >= 4 is 22.5 Å². The number of aryl methyl sites for hydroxylation is 1. The van der Waals surface area contributed by atoms with Crippen molar-refractivity contribution in [1.82, 2.24) is 4.57 Å². The maximum Gasteiger partial charge on any atom is 0.257 e. The summed E-state index contributed by atoms with van der Waals surface area (Å²) in [5.41, 5.74) is 2.37. The summed E-state index contributed by atoms with van der Waals surface area (Å²) >= 11 is 0. The summed E-state index contributed by atoms with van der Waals surface area (Å²) in [6.45, 7) is 2.48. The molecule has 4 nitrogen and oxygen atoms in total. The third-order valence-electron chi connectivity index (χ3n) is 3.58. The number of ether oxygens (including phenoxy) is 1. The molecule has 1 heterocycles. The van der Waals surface area contributed by atoms with Gasteiger partial charge in [0, 0.05) is 24.1 Å². The number of carbonyl (C=O) groups is 1. The van der Waals surface area contributed by atoms with Gasteiger partial charge < -0.3 is 14.6 Å². The maximum absolute atomic E-state index is 12.6. The highest BCUT2D eigenvalue weighted by atomic mass is 16.5. The van der Waals surface area contributed by atoms with Crippen molar-refractivity contribution in [3.63, 3.8) is 0 Å². The van der Waals surface area contributed by atoms with Gasteiger partial charge in [0.1, 0.15) is 5.75 Å². The van der Waals surface area contributed by atoms with E-state index < -0.39 is 0 Å². The molecule has 0 unspecified atom stereocenters. The lowest BCUT2D eigenvalue weighted by molar-refractivity contribution is 0.102. The van der Waals surface area contributed by atoms with Gasteiger partial charge >= 0.3 is 0 Å². The molecule has 3 aromatic rings. The SMILES string of the molecule is CCOc1ccccc1NC(=O)c1cn(C)c2ccccc12. The topological polar surface area (TPSA) is 43.3 Å². The first-order valence-electron chi connectivity index (χ1n) is 7.28. The van der Waals surface area contributed by atoms with Crippen molar-refractivity contribution in [2.24, 2.45) is 7.05 Å². The second kappa shape index (κ2) is 5.93. The van der Waals surface area contributed by atoms with E-state index in [1.807, 2.05) is 73.3 Å². The number of amides is 1. The van der Waals surface area contributed by atoms with Crippen molar-refractivity contribution in [3.05, 3.63) is 60.3 Å². The molecular formula is C18H18N2O2. The fraction of sp³-hybridized carbons (Fsp3) is 0.167. The van der Waals surface area contributed by atoms with Gasteiger partial charge in [0.25, 0.3) is 5.91 Å². The number of nitrogens with one attached hydrogen (secondary N) is 1. The molecule has 0 aliphatic rings. The lowest BCUT2D eigenvalue weighted by Crippen LogP contribution is -2.12. The number of anilines is 1. The van der Waals surface area contributed by atoms with E-state index in [1.54, 1.807) is 0 Å². The molecule has 0 aliphatic carbocycles. The molecule has 2 aromatic carbocycles. The quantitative estimate of drug-likeness (QED) is 0.794. The minimum Gasteiger partial charge on any atom is -0.492 e. The summed E-state index contributed by atoms with van der Waals surface area (Å²) in [5, 5.41) is 3.88. The van der Waals surface area contributed by atoms with Gasteiger partial charge in [-0.15, -0.1) is 0 Å². The van der Waals surface area contributed by atoms with Crippen LogP contribution in [0.1, 0.15) is 17.3 Å². The smallest absolute Gasteiger partial charge is 0.257 e. The molecule has 3 rings (SSSR count). The highest BCUT2D eigenvalue weighted by Crippen LogP contribution is 2.26. The number of para-hydroxylation sites is 3. The van der Waals surface area contributed by atoms with Crippen LogP contribution in [0.2, 0.25) is 0 Å². The predicted molar refractivity (Wildman–Crippen MR) is 88.5 cm³/mol. The molecule has 0 fully saturated rings. The first-order chi connectivity index (χ1) is 10.7. The van der Waals surface area contributed by atoms with Crippen LogP contribution in [0.5, 0.6) is 5.75 Å². The van der Waals surface area contributed by atoms with E-state index in [1.165, 1.54) is 0 Å². The van der Waals surface area contributed by atoms with Gasteiger partial charge in [0.05, 0.1) is 17.9 Å². The van der Waals surface area contributed by atoms with Crippen LogP contribution < -0.4 is 10.1 Å². The second-order valence-electron chi connectivity index (χ2n) is 5.05. The molecule has 4 heteroatoms. The van der Waals surface area contributed by atoms with Crippen molar-refractivity contribution < 1.29 is 9.53 Å². The molecule has 0 bridgehead atoms. The Kier molecular flexibility index (Phi) is 3.83. The third-order valence-corrected chi connectivity index (χ3v) is 3.58. The molecule has 0 saturated carbocycles. The molecule has 0 atom stereocenters. The van der Waals surface area contributed by atoms with E-state index in [9.17, 15) is 4.79 Å². The molecule has 1 N–H and O–H groups in total. The summed E-state index contributed by atoms with van der Waals surface area (Å²) in [5.74, 6) is 0.544. The van der Waals surface area contributed by atoms with Crippen LogP contribution in [-0.4, -0.2) is 17.1 Å². The van der Waals surface area contributed by atoms with Crippen LogP contribution in [0.4, 0.5) is 5.69 Å². The van der Waals surface area contributed by atoms with Crippen molar-refractivity contribution in [3.8, 4) is 5.75 Å². The highest BCUT2D eigenvalue weighted by Gasteiger charge is 2.15. The van der Waals surface area contributed by atoms with Crippen LogP contribution >= 0.6 is 0 Å². The molecule has 22 heavy (non-hydrogen) atoms. The standard InChI is InChI=1S/C18H18N2O2/c1-3-22-17-11-7-5-9-15(17)19-18(21)14-12-20(2)16-10-6-4-8-13(14)16/h4-12H,3H2,1-2H3,(H,19,21). The van der Waals surface area contributed by atoms with Crippen LogP contribution in [0, 0.1) is 0 Å². The number of rotatable bonds is 4. The summed E-state index contributed by atoms with van der Waals surface area (Å²) in [4.78, 5) is 12.6. The van der Waals surface area contributed by atoms with Gasteiger partial charge in [0.2, 0.25) is 0 Å². The normalized spacial score (nSPS) is 10.6. The highest BCUT2D eigenvalue weighted by molar-refractivity contribution is 6.13. The van der Waals surface area contributed by atoms with E-state index in [-0.39, 0.29) is 5.91 Å². The fourth-order valence-corrected chi connectivity index (χ4v) is 2.56. The van der Waals surface area contributed by atoms with Gasteiger partial charge in [0.15, 0.2) is 0 Å². The monoisotopic (exact) mass is 294 g/mol. The van der Waals surface area contributed by atoms with Gasteiger partial charge in [-0.05, 0) is 25.1 Å². The van der Waals surface area contributed by atoms with Crippen LogP contribution in [0.3, 0.4) is 0 Å². The van der Waals surface area contributed by atoms with Crippen molar-refractivity contribution in [2.45, 2.75) is 6.92 Å². The van der Waals surface area contributed by atoms with Gasteiger partial charge in [-0.1, -0.05) is 30.3 Å². The predicted octanol–water partition coefficient (Wildman–Crippen LogP) is 3.83. The number of hydrogen-bond acceptors (Lipinski definition) is 2. The average Bonchev–Trinajstić information content (AvgIpc) is 2.87. The zero-order chi connectivity index (χ0) is 15.5. The zero-order valence-corrected chi connectivity index (χ0v) is 12.7. The van der Waals surface area contributed by atoms with Crippen LogP contribution in [-0.2, 0) is 7.05 Å². The van der Waals surface area contributed by atoms with Crippen LogP contribution in [0.15, 0.2) is 54.7 Å². The minimum atomic E-state index is -0.135. The number of fused-ring (bicyclic) bond motifs is 1. The Morgan fingerprint density at radius 1 is 1.14 bits per heavy atom. The molecule has 0 radical (unpaired) electrons. The van der Waals surface area contributed by atoms with Gasteiger partial charge in [-0.25, -0.2) is 0 Å². The Morgan fingerprint density at radius 3 is 2.68 bits per heavy atom. The Morgan fingerprint density at radius 2 is 1.86 bits per heavy atom. The maximum atomic E-state index is 12.6. The number of aromatic nitrogens is 1. The number of benzene rings is 2. The summed E-state index contributed by atoms with van der Waals surface area (Å²) in [7, 11) is 1.94.